The van der Waals surface area contributed by atoms with Crippen LogP contribution in [0.5, 0.6) is 0 Å². The third kappa shape index (κ3) is 3.83. The molecular formula is C18H21NO4S. The first-order chi connectivity index (χ1) is 11.2. The van der Waals surface area contributed by atoms with E-state index in [2.05, 4.69) is 0 Å². The number of carboxylic acid groups (broad SMARTS) is 1. The monoisotopic (exact) mass is 347 g/mol. The van der Waals surface area contributed by atoms with Crippen molar-refractivity contribution in [1.29, 1.82) is 0 Å². The van der Waals surface area contributed by atoms with Gasteiger partial charge in [0.25, 0.3) is 0 Å². The van der Waals surface area contributed by atoms with Gasteiger partial charge in [0.2, 0.25) is 10.0 Å². The van der Waals surface area contributed by atoms with Crippen LogP contribution in [0.2, 0.25) is 0 Å². The van der Waals surface area contributed by atoms with E-state index in [0.717, 1.165) is 21.0 Å². The topological polar surface area (TPSA) is 74.7 Å². The Morgan fingerprint density at radius 2 is 1.71 bits per heavy atom. The van der Waals surface area contributed by atoms with Gasteiger partial charge in [-0.25, -0.2) is 8.42 Å². The van der Waals surface area contributed by atoms with E-state index in [9.17, 15) is 18.3 Å². The van der Waals surface area contributed by atoms with Gasteiger partial charge in [-0.3, -0.25) is 4.79 Å². The molecule has 0 radical (unpaired) electrons. The molecule has 0 unspecified atom stereocenters. The Balaban J connectivity index is 2.33. The average molecular weight is 347 g/mol. The Morgan fingerprint density at radius 1 is 1.08 bits per heavy atom. The van der Waals surface area contributed by atoms with Gasteiger partial charge in [-0.1, -0.05) is 36.4 Å². The number of benzene rings is 2. The van der Waals surface area contributed by atoms with Gasteiger partial charge >= 0.3 is 5.97 Å². The molecule has 0 amide bonds. The summed E-state index contributed by atoms with van der Waals surface area (Å²) in [5.74, 6) is -1.17. The minimum atomic E-state index is -3.87. The molecule has 128 valence electrons. The summed E-state index contributed by atoms with van der Waals surface area (Å²) >= 11 is 0. The highest BCUT2D eigenvalue weighted by Gasteiger charge is 2.32. The highest BCUT2D eigenvalue weighted by atomic mass is 32.2. The van der Waals surface area contributed by atoms with Gasteiger partial charge in [-0.2, -0.15) is 4.31 Å². The number of aryl methyl sites for hydroxylation is 2. The van der Waals surface area contributed by atoms with Crippen molar-refractivity contribution in [2.75, 3.05) is 7.05 Å². The quantitative estimate of drug-likeness (QED) is 0.872. The Bertz CT molecular complexity index is 831. The van der Waals surface area contributed by atoms with E-state index in [4.69, 9.17) is 0 Å². The van der Waals surface area contributed by atoms with Gasteiger partial charge in [-0.05, 0) is 49.1 Å². The maximum Gasteiger partial charge on any atom is 0.322 e. The van der Waals surface area contributed by atoms with Crippen LogP contribution in [0.15, 0.2) is 53.4 Å². The largest absolute Gasteiger partial charge is 0.480 e. The number of rotatable bonds is 6. The molecule has 0 saturated carbocycles. The number of sulfonamides is 1. The third-order valence-corrected chi connectivity index (χ3v) is 6.03. The lowest BCUT2D eigenvalue weighted by molar-refractivity contribution is -0.141. The van der Waals surface area contributed by atoms with Crippen LogP contribution in [0.3, 0.4) is 0 Å². The van der Waals surface area contributed by atoms with Gasteiger partial charge in [-0.15, -0.1) is 0 Å². The first-order valence-electron chi connectivity index (χ1n) is 7.55. The van der Waals surface area contributed by atoms with E-state index in [1.807, 2.05) is 32.0 Å². The van der Waals surface area contributed by atoms with Crippen molar-refractivity contribution in [3.05, 3.63) is 65.2 Å². The van der Waals surface area contributed by atoms with Crippen LogP contribution >= 0.6 is 0 Å². The predicted octanol–water partition coefficient (Wildman–Crippen LogP) is 2.62. The van der Waals surface area contributed by atoms with Crippen LogP contribution in [0.4, 0.5) is 0 Å². The van der Waals surface area contributed by atoms with E-state index in [1.165, 1.54) is 19.2 Å². The molecular weight excluding hydrogens is 326 g/mol. The van der Waals surface area contributed by atoms with E-state index in [1.54, 1.807) is 18.2 Å². The zero-order valence-corrected chi connectivity index (χ0v) is 14.7. The molecule has 6 heteroatoms. The molecule has 0 bridgehead atoms. The first-order valence-corrected chi connectivity index (χ1v) is 8.99. The minimum Gasteiger partial charge on any atom is -0.480 e. The van der Waals surface area contributed by atoms with Crippen LogP contribution in [-0.2, 0) is 21.2 Å². The number of nitrogens with zero attached hydrogens (tertiary/aromatic N) is 1. The molecule has 1 atom stereocenters. The predicted molar refractivity (Wildman–Crippen MR) is 92.4 cm³/mol. The van der Waals surface area contributed by atoms with Gasteiger partial charge in [0, 0.05) is 7.05 Å². The number of carbonyl (C=O) groups is 1. The molecule has 2 rings (SSSR count). The number of hydrogen-bond acceptors (Lipinski definition) is 3. The number of likely N-dealkylation sites (N-methyl/N-ethyl adjacent to an activating group) is 1. The summed E-state index contributed by atoms with van der Waals surface area (Å²) < 4.78 is 26.2. The van der Waals surface area contributed by atoms with Crippen molar-refractivity contribution in [3.63, 3.8) is 0 Å². The Morgan fingerprint density at radius 3 is 2.25 bits per heavy atom. The summed E-state index contributed by atoms with van der Waals surface area (Å²) in [5.41, 5.74) is 2.95. The molecule has 0 saturated heterocycles. The van der Waals surface area contributed by atoms with Crippen LogP contribution < -0.4 is 0 Å². The second kappa shape index (κ2) is 7.15. The summed E-state index contributed by atoms with van der Waals surface area (Å²) in [6, 6.07) is 12.3. The lowest BCUT2D eigenvalue weighted by Crippen LogP contribution is -2.43. The van der Waals surface area contributed by atoms with Gasteiger partial charge in [0.05, 0.1) is 4.90 Å². The molecule has 0 aliphatic carbocycles. The number of hydrogen-bond donors (Lipinski definition) is 1. The lowest BCUT2D eigenvalue weighted by atomic mass is 10.0. The molecule has 0 heterocycles. The van der Waals surface area contributed by atoms with Crippen molar-refractivity contribution in [1.82, 2.24) is 4.31 Å². The molecule has 1 N–H and O–H groups in total. The fourth-order valence-corrected chi connectivity index (χ4v) is 3.78. The third-order valence-electron chi connectivity index (χ3n) is 4.14. The van der Waals surface area contributed by atoms with Crippen molar-refractivity contribution in [2.24, 2.45) is 0 Å². The number of carboxylic acids is 1. The molecule has 0 spiro atoms. The van der Waals surface area contributed by atoms with Gasteiger partial charge in [0.1, 0.15) is 6.04 Å². The zero-order chi connectivity index (χ0) is 17.9. The lowest BCUT2D eigenvalue weighted by Gasteiger charge is -2.24. The Kier molecular flexibility index (Phi) is 5.41. The molecule has 24 heavy (non-hydrogen) atoms. The molecule has 0 aliphatic rings. The summed E-state index contributed by atoms with van der Waals surface area (Å²) in [7, 11) is -2.56. The van der Waals surface area contributed by atoms with Crippen LogP contribution in [-0.4, -0.2) is 36.9 Å². The smallest absolute Gasteiger partial charge is 0.322 e. The maximum absolute atomic E-state index is 12.7. The Labute approximate surface area is 142 Å². The normalized spacial score (nSPS) is 13.0. The summed E-state index contributed by atoms with van der Waals surface area (Å²) in [4.78, 5) is 11.8. The second-order valence-electron chi connectivity index (χ2n) is 5.81. The van der Waals surface area contributed by atoms with Crippen LogP contribution in [0.1, 0.15) is 16.7 Å². The maximum atomic E-state index is 12.7. The molecule has 2 aromatic carbocycles. The highest BCUT2D eigenvalue weighted by Crippen LogP contribution is 2.20. The van der Waals surface area contributed by atoms with Crippen LogP contribution in [0, 0.1) is 13.8 Å². The Hall–Kier alpha value is -2.18. The fraction of sp³-hybridized carbons (Fsp3) is 0.278. The molecule has 5 nitrogen and oxygen atoms in total. The molecule has 0 fully saturated rings. The fourth-order valence-electron chi connectivity index (χ4n) is 2.45. The summed E-state index contributed by atoms with van der Waals surface area (Å²) in [6.07, 6.45) is 0.110. The van der Waals surface area contributed by atoms with Crippen molar-refractivity contribution in [3.8, 4) is 0 Å². The van der Waals surface area contributed by atoms with Gasteiger partial charge < -0.3 is 5.11 Å². The van der Waals surface area contributed by atoms with Crippen molar-refractivity contribution >= 4 is 16.0 Å². The zero-order valence-electron chi connectivity index (χ0n) is 13.9. The van der Waals surface area contributed by atoms with E-state index in [-0.39, 0.29) is 11.3 Å². The van der Waals surface area contributed by atoms with Crippen molar-refractivity contribution < 1.29 is 18.3 Å². The standard InChI is InChI=1S/C18H21NO4S/c1-13-9-10-15(11-14(13)2)12-17(18(20)21)19(3)24(22,23)16-7-5-4-6-8-16/h4-11,17H,12H2,1-3H3,(H,20,21)/t17-/m1/s1. The van der Waals surface area contributed by atoms with Gasteiger partial charge in [0.15, 0.2) is 0 Å². The van der Waals surface area contributed by atoms with Crippen molar-refractivity contribution in [2.45, 2.75) is 31.2 Å². The average Bonchev–Trinajstić information content (AvgIpc) is 2.55. The number of aliphatic carboxylic acids is 1. The summed E-state index contributed by atoms with van der Waals surface area (Å²) in [6.45, 7) is 3.92. The van der Waals surface area contributed by atoms with Crippen LogP contribution in [0.25, 0.3) is 0 Å². The minimum absolute atomic E-state index is 0.0823. The molecule has 0 aromatic heterocycles. The van der Waals surface area contributed by atoms with E-state index in [0.29, 0.717) is 0 Å². The molecule has 0 aliphatic heterocycles. The first kappa shape index (κ1) is 18.2. The highest BCUT2D eigenvalue weighted by molar-refractivity contribution is 7.89. The molecule has 2 aromatic rings. The van der Waals surface area contributed by atoms with E-state index < -0.39 is 22.0 Å². The second-order valence-corrected chi connectivity index (χ2v) is 7.81. The van der Waals surface area contributed by atoms with E-state index >= 15 is 0 Å². The SMILES string of the molecule is Cc1ccc(C[C@H](C(=O)O)N(C)S(=O)(=O)c2ccccc2)cc1C. The summed E-state index contributed by atoms with van der Waals surface area (Å²) in [5, 5.41) is 9.53.